The highest BCUT2D eigenvalue weighted by molar-refractivity contribution is 9.10. The molecule has 2 nitrogen and oxygen atoms in total. The lowest BCUT2D eigenvalue weighted by molar-refractivity contribution is 0.424. The van der Waals surface area contributed by atoms with Gasteiger partial charge in [-0.05, 0) is 33.5 Å². The van der Waals surface area contributed by atoms with Gasteiger partial charge in [-0.15, -0.1) is 0 Å². The minimum Gasteiger partial charge on any atom is -0.423 e. The minimum atomic E-state index is -1.86. The number of rotatable bonds is 1. The van der Waals surface area contributed by atoms with Gasteiger partial charge in [0.25, 0.3) is 0 Å². The SMILES string of the molecule is OB(O)c1cc(F)c(Br)c(F)c1. The fourth-order valence-electron chi connectivity index (χ4n) is 0.724. The van der Waals surface area contributed by atoms with Crippen molar-refractivity contribution >= 4 is 28.5 Å². The lowest BCUT2D eigenvalue weighted by atomic mass is 9.80. The van der Waals surface area contributed by atoms with E-state index in [1.54, 1.807) is 0 Å². The summed E-state index contributed by atoms with van der Waals surface area (Å²) in [5.41, 5.74) is -0.215. The predicted molar refractivity (Wildman–Crippen MR) is 43.9 cm³/mol. The molecular weight excluding hydrogens is 233 g/mol. The van der Waals surface area contributed by atoms with Crippen molar-refractivity contribution in [2.75, 3.05) is 0 Å². The van der Waals surface area contributed by atoms with E-state index in [0.29, 0.717) is 0 Å². The molecule has 0 radical (unpaired) electrons. The van der Waals surface area contributed by atoms with Crippen LogP contribution in [0.15, 0.2) is 16.6 Å². The Morgan fingerprint density at radius 3 is 1.92 bits per heavy atom. The van der Waals surface area contributed by atoms with E-state index in [4.69, 9.17) is 10.0 Å². The van der Waals surface area contributed by atoms with Gasteiger partial charge in [-0.2, -0.15) is 0 Å². The van der Waals surface area contributed by atoms with E-state index in [2.05, 4.69) is 15.9 Å². The average molecular weight is 237 g/mol. The number of hydrogen-bond donors (Lipinski definition) is 2. The second-order valence-electron chi connectivity index (χ2n) is 2.17. The zero-order chi connectivity index (χ0) is 9.30. The molecule has 0 spiro atoms. The third-order valence-corrected chi connectivity index (χ3v) is 2.06. The van der Waals surface area contributed by atoms with E-state index < -0.39 is 18.8 Å². The van der Waals surface area contributed by atoms with E-state index in [-0.39, 0.29) is 9.94 Å². The van der Waals surface area contributed by atoms with E-state index in [9.17, 15) is 8.78 Å². The summed E-state index contributed by atoms with van der Waals surface area (Å²) in [5.74, 6) is -1.73. The number of halogens is 3. The molecule has 0 heterocycles. The second kappa shape index (κ2) is 3.51. The highest BCUT2D eigenvalue weighted by atomic mass is 79.9. The van der Waals surface area contributed by atoms with Crippen molar-refractivity contribution in [1.82, 2.24) is 0 Å². The highest BCUT2D eigenvalue weighted by Gasteiger charge is 2.16. The van der Waals surface area contributed by atoms with Crippen LogP contribution in [0.4, 0.5) is 8.78 Å². The molecule has 1 aromatic rings. The van der Waals surface area contributed by atoms with Gasteiger partial charge in [-0.3, -0.25) is 0 Å². The Morgan fingerprint density at radius 2 is 1.58 bits per heavy atom. The van der Waals surface area contributed by atoms with Crippen LogP contribution in [0.25, 0.3) is 0 Å². The molecule has 12 heavy (non-hydrogen) atoms. The fourth-order valence-corrected chi connectivity index (χ4v) is 0.953. The summed E-state index contributed by atoms with van der Waals surface area (Å²) >= 11 is 2.65. The molecule has 1 rings (SSSR count). The van der Waals surface area contributed by atoms with Crippen molar-refractivity contribution in [3.05, 3.63) is 28.2 Å². The van der Waals surface area contributed by atoms with Gasteiger partial charge in [0.05, 0.1) is 4.47 Å². The Balaban J connectivity index is 3.21. The molecule has 0 aliphatic rings. The summed E-state index contributed by atoms with van der Waals surface area (Å²) in [4.78, 5) is 0. The van der Waals surface area contributed by atoms with Crippen LogP contribution < -0.4 is 5.46 Å². The first-order chi connectivity index (χ1) is 5.52. The van der Waals surface area contributed by atoms with Crippen molar-refractivity contribution in [3.63, 3.8) is 0 Å². The molecule has 64 valence electrons. The molecular formula is C6H4BBrF2O2. The van der Waals surface area contributed by atoms with Gasteiger partial charge in [-0.1, -0.05) is 0 Å². The van der Waals surface area contributed by atoms with Crippen LogP contribution in [-0.2, 0) is 0 Å². The Hall–Kier alpha value is -0.455. The van der Waals surface area contributed by atoms with Gasteiger partial charge in [-0.25, -0.2) is 8.78 Å². The van der Waals surface area contributed by atoms with Crippen LogP contribution in [0.2, 0.25) is 0 Å². The lowest BCUT2D eigenvalue weighted by Crippen LogP contribution is -2.30. The van der Waals surface area contributed by atoms with E-state index in [1.807, 2.05) is 0 Å². The first-order valence-electron chi connectivity index (χ1n) is 3.03. The van der Waals surface area contributed by atoms with Gasteiger partial charge in [0.15, 0.2) is 0 Å². The van der Waals surface area contributed by atoms with Gasteiger partial charge in [0.1, 0.15) is 11.6 Å². The summed E-state index contributed by atoms with van der Waals surface area (Å²) < 4.78 is 25.1. The Kier molecular flexibility index (Phi) is 2.82. The zero-order valence-corrected chi connectivity index (χ0v) is 7.35. The molecule has 0 atom stereocenters. The van der Waals surface area contributed by atoms with Crippen LogP contribution >= 0.6 is 15.9 Å². The zero-order valence-electron chi connectivity index (χ0n) is 5.76. The van der Waals surface area contributed by atoms with Crippen LogP contribution in [-0.4, -0.2) is 17.2 Å². The predicted octanol–water partition coefficient (Wildman–Crippen LogP) is 0.407. The maximum atomic E-state index is 12.7. The molecule has 6 heteroatoms. The standard InChI is InChI=1S/C6H4BBrF2O2/c8-6-4(9)1-3(7(11)12)2-5(6)10/h1-2,11-12H. The van der Waals surface area contributed by atoms with E-state index >= 15 is 0 Å². The quantitative estimate of drug-likeness (QED) is 0.548. The third-order valence-electron chi connectivity index (χ3n) is 1.30. The Labute approximate surface area is 76.1 Å². The van der Waals surface area contributed by atoms with Crippen LogP contribution in [0.5, 0.6) is 0 Å². The third kappa shape index (κ3) is 1.82. The van der Waals surface area contributed by atoms with Crippen LogP contribution in [0, 0.1) is 11.6 Å². The smallest absolute Gasteiger partial charge is 0.423 e. The minimum absolute atomic E-state index is 0.215. The lowest BCUT2D eigenvalue weighted by Gasteiger charge is -2.01. The molecule has 0 aromatic heterocycles. The van der Waals surface area contributed by atoms with Gasteiger partial charge in [0, 0.05) is 0 Å². The first-order valence-corrected chi connectivity index (χ1v) is 3.82. The summed E-state index contributed by atoms with van der Waals surface area (Å²) in [7, 11) is -1.86. The topological polar surface area (TPSA) is 40.5 Å². The van der Waals surface area contributed by atoms with Crippen LogP contribution in [0.3, 0.4) is 0 Å². The highest BCUT2D eigenvalue weighted by Crippen LogP contribution is 2.17. The number of hydrogen-bond acceptors (Lipinski definition) is 2. The maximum absolute atomic E-state index is 12.7. The molecule has 0 bridgehead atoms. The molecule has 0 saturated heterocycles. The van der Waals surface area contributed by atoms with Crippen LogP contribution in [0.1, 0.15) is 0 Å². The Morgan fingerprint density at radius 1 is 1.17 bits per heavy atom. The van der Waals surface area contributed by atoms with Gasteiger partial charge < -0.3 is 10.0 Å². The average Bonchev–Trinajstić information content (AvgIpc) is 1.99. The molecule has 0 fully saturated rings. The summed E-state index contributed by atoms with van der Waals surface area (Å²) in [6.07, 6.45) is 0. The molecule has 0 aliphatic carbocycles. The van der Waals surface area contributed by atoms with Crippen molar-refractivity contribution < 1.29 is 18.8 Å². The van der Waals surface area contributed by atoms with Crippen molar-refractivity contribution in [2.24, 2.45) is 0 Å². The summed E-state index contributed by atoms with van der Waals surface area (Å²) in [6, 6.07) is 1.69. The molecule has 0 amide bonds. The van der Waals surface area contributed by atoms with Crippen molar-refractivity contribution in [3.8, 4) is 0 Å². The van der Waals surface area contributed by atoms with Crippen molar-refractivity contribution in [2.45, 2.75) is 0 Å². The normalized spacial score (nSPS) is 10.1. The second-order valence-corrected chi connectivity index (χ2v) is 2.97. The van der Waals surface area contributed by atoms with Crippen molar-refractivity contribution in [1.29, 1.82) is 0 Å². The van der Waals surface area contributed by atoms with E-state index in [0.717, 1.165) is 12.1 Å². The summed E-state index contributed by atoms with van der Waals surface area (Å²) in [5, 5.41) is 17.1. The molecule has 2 N–H and O–H groups in total. The number of benzene rings is 1. The maximum Gasteiger partial charge on any atom is 0.488 e. The molecule has 1 aromatic carbocycles. The van der Waals surface area contributed by atoms with Gasteiger partial charge in [0.2, 0.25) is 0 Å². The first kappa shape index (κ1) is 9.63. The molecule has 0 unspecified atom stereocenters. The molecule has 0 aliphatic heterocycles. The van der Waals surface area contributed by atoms with Gasteiger partial charge >= 0.3 is 7.12 Å². The van der Waals surface area contributed by atoms with E-state index in [1.165, 1.54) is 0 Å². The monoisotopic (exact) mass is 236 g/mol. The largest absolute Gasteiger partial charge is 0.488 e. The fraction of sp³-hybridized carbons (Fsp3) is 0. The summed E-state index contributed by atoms with van der Waals surface area (Å²) in [6.45, 7) is 0. The Bertz CT molecular complexity index is 283. The molecule has 0 saturated carbocycles.